The normalized spacial score (nSPS) is 31.8. The van der Waals surface area contributed by atoms with Gasteiger partial charge in [-0.1, -0.05) is 19.8 Å². The van der Waals surface area contributed by atoms with Crippen LogP contribution in [0.5, 0.6) is 0 Å². The number of rotatable bonds is 6. The predicted octanol–water partition coefficient (Wildman–Crippen LogP) is 1.84. The van der Waals surface area contributed by atoms with Gasteiger partial charge in [-0.2, -0.15) is 0 Å². The van der Waals surface area contributed by atoms with Gasteiger partial charge in [0.1, 0.15) is 0 Å². The molecule has 0 saturated heterocycles. The van der Waals surface area contributed by atoms with Crippen molar-refractivity contribution in [3.05, 3.63) is 0 Å². The number of aliphatic hydroxyl groups excluding tert-OH is 1. The van der Waals surface area contributed by atoms with Crippen molar-refractivity contribution in [2.45, 2.75) is 58.0 Å². The molecule has 1 fully saturated rings. The van der Waals surface area contributed by atoms with Gasteiger partial charge in [0.05, 0.1) is 6.61 Å². The van der Waals surface area contributed by atoms with E-state index in [-0.39, 0.29) is 12.6 Å². The summed E-state index contributed by atoms with van der Waals surface area (Å²) in [7, 11) is 2.09. The number of nitrogens with zero attached hydrogens (tertiary/aromatic N) is 1. The summed E-state index contributed by atoms with van der Waals surface area (Å²) in [5, 5.41) is 9.16. The van der Waals surface area contributed by atoms with Crippen LogP contribution in [0.4, 0.5) is 0 Å². The van der Waals surface area contributed by atoms with Crippen molar-refractivity contribution in [1.82, 2.24) is 4.90 Å². The Hall–Kier alpha value is -0.120. The summed E-state index contributed by atoms with van der Waals surface area (Å²) in [5.74, 6) is 1.49. The predicted molar refractivity (Wildman–Crippen MR) is 72.9 cm³/mol. The average molecular weight is 242 g/mol. The Morgan fingerprint density at radius 2 is 2.12 bits per heavy atom. The Bertz CT molecular complexity index is 210. The van der Waals surface area contributed by atoms with Crippen molar-refractivity contribution in [2.24, 2.45) is 17.6 Å². The third kappa shape index (κ3) is 4.57. The summed E-state index contributed by atoms with van der Waals surface area (Å²) in [6.45, 7) is 5.60. The maximum atomic E-state index is 9.16. The van der Waals surface area contributed by atoms with Crippen molar-refractivity contribution < 1.29 is 5.11 Å². The Balaban J connectivity index is 2.43. The van der Waals surface area contributed by atoms with Gasteiger partial charge in [-0.25, -0.2) is 0 Å². The van der Waals surface area contributed by atoms with Gasteiger partial charge in [0.2, 0.25) is 0 Å². The van der Waals surface area contributed by atoms with Crippen LogP contribution >= 0.6 is 0 Å². The molecule has 0 radical (unpaired) electrons. The highest BCUT2D eigenvalue weighted by Crippen LogP contribution is 2.31. The monoisotopic (exact) mass is 242 g/mol. The molecule has 0 aromatic heterocycles. The molecule has 4 unspecified atom stereocenters. The minimum Gasteiger partial charge on any atom is -0.395 e. The Morgan fingerprint density at radius 3 is 2.71 bits per heavy atom. The molecule has 102 valence electrons. The van der Waals surface area contributed by atoms with E-state index in [1.54, 1.807) is 0 Å². The van der Waals surface area contributed by atoms with E-state index in [1.165, 1.54) is 32.1 Å². The first-order chi connectivity index (χ1) is 8.08. The van der Waals surface area contributed by atoms with Crippen LogP contribution < -0.4 is 5.73 Å². The Kier molecular flexibility index (Phi) is 6.45. The summed E-state index contributed by atoms with van der Waals surface area (Å²) in [6.07, 6.45) is 6.40. The molecule has 0 heterocycles. The molecule has 3 N–H and O–H groups in total. The highest BCUT2D eigenvalue weighted by Gasteiger charge is 2.29. The maximum Gasteiger partial charge on any atom is 0.0584 e. The third-order valence-corrected chi connectivity index (χ3v) is 4.39. The lowest BCUT2D eigenvalue weighted by atomic mass is 9.76. The van der Waals surface area contributed by atoms with E-state index in [4.69, 9.17) is 10.8 Å². The molecular formula is C14H30N2O. The van der Waals surface area contributed by atoms with E-state index in [9.17, 15) is 0 Å². The van der Waals surface area contributed by atoms with E-state index < -0.39 is 0 Å². The van der Waals surface area contributed by atoms with E-state index in [0.717, 1.165) is 12.5 Å². The molecule has 0 aromatic rings. The van der Waals surface area contributed by atoms with Gasteiger partial charge in [-0.15, -0.1) is 0 Å². The molecule has 0 spiro atoms. The second kappa shape index (κ2) is 7.34. The smallest absolute Gasteiger partial charge is 0.0584 e. The molecule has 3 heteroatoms. The second-order valence-electron chi connectivity index (χ2n) is 5.86. The summed E-state index contributed by atoms with van der Waals surface area (Å²) >= 11 is 0. The van der Waals surface area contributed by atoms with E-state index in [2.05, 4.69) is 25.8 Å². The van der Waals surface area contributed by atoms with Crippen LogP contribution in [0.2, 0.25) is 0 Å². The standard InChI is InChI=1S/C14H30N2O/c1-4-5-12-6-7-14(15)13(8-12)9-16(3)11(2)10-17/h11-14,17H,4-10,15H2,1-3H3. The molecule has 0 aromatic carbocycles. The number of hydrogen-bond acceptors (Lipinski definition) is 3. The summed E-state index contributed by atoms with van der Waals surface area (Å²) < 4.78 is 0. The fourth-order valence-electron chi connectivity index (χ4n) is 2.95. The van der Waals surface area contributed by atoms with Gasteiger partial charge < -0.3 is 15.7 Å². The van der Waals surface area contributed by atoms with Gasteiger partial charge in [-0.3, -0.25) is 0 Å². The van der Waals surface area contributed by atoms with Crippen LogP contribution in [0.25, 0.3) is 0 Å². The van der Waals surface area contributed by atoms with Gasteiger partial charge in [0, 0.05) is 18.6 Å². The maximum absolute atomic E-state index is 9.16. The minimum absolute atomic E-state index is 0.233. The molecule has 1 saturated carbocycles. The topological polar surface area (TPSA) is 49.5 Å². The van der Waals surface area contributed by atoms with Crippen molar-refractivity contribution >= 4 is 0 Å². The second-order valence-corrected chi connectivity index (χ2v) is 5.86. The Labute approximate surface area is 106 Å². The molecule has 1 aliphatic rings. The van der Waals surface area contributed by atoms with Crippen LogP contribution in [0, 0.1) is 11.8 Å². The zero-order valence-electron chi connectivity index (χ0n) is 11.7. The molecule has 0 bridgehead atoms. The molecular weight excluding hydrogens is 212 g/mol. The van der Waals surface area contributed by atoms with Crippen LogP contribution in [-0.4, -0.2) is 42.3 Å². The highest BCUT2D eigenvalue weighted by atomic mass is 16.3. The fourth-order valence-corrected chi connectivity index (χ4v) is 2.95. The first-order valence-electron chi connectivity index (χ1n) is 7.15. The molecule has 3 nitrogen and oxygen atoms in total. The number of hydrogen-bond donors (Lipinski definition) is 2. The summed E-state index contributed by atoms with van der Waals surface area (Å²) in [4.78, 5) is 2.25. The zero-order chi connectivity index (χ0) is 12.8. The van der Waals surface area contributed by atoms with Crippen LogP contribution in [0.3, 0.4) is 0 Å². The van der Waals surface area contributed by atoms with Gasteiger partial charge in [0.25, 0.3) is 0 Å². The van der Waals surface area contributed by atoms with Crippen molar-refractivity contribution in [3.63, 3.8) is 0 Å². The first kappa shape index (κ1) is 14.9. The van der Waals surface area contributed by atoms with E-state index >= 15 is 0 Å². The number of likely N-dealkylation sites (N-methyl/N-ethyl adjacent to an activating group) is 1. The van der Waals surface area contributed by atoms with E-state index in [0.29, 0.717) is 12.0 Å². The van der Waals surface area contributed by atoms with Crippen LogP contribution in [-0.2, 0) is 0 Å². The SMILES string of the molecule is CCCC1CCC(N)C(CN(C)C(C)CO)C1. The summed E-state index contributed by atoms with van der Waals surface area (Å²) in [6, 6.07) is 0.602. The van der Waals surface area contributed by atoms with Crippen LogP contribution in [0.1, 0.15) is 46.0 Å². The lowest BCUT2D eigenvalue weighted by Gasteiger charge is -2.37. The van der Waals surface area contributed by atoms with Crippen molar-refractivity contribution in [2.75, 3.05) is 20.2 Å². The Morgan fingerprint density at radius 1 is 1.41 bits per heavy atom. The fraction of sp³-hybridized carbons (Fsp3) is 1.00. The minimum atomic E-state index is 0.233. The first-order valence-corrected chi connectivity index (χ1v) is 7.15. The van der Waals surface area contributed by atoms with Crippen molar-refractivity contribution in [3.8, 4) is 0 Å². The molecule has 17 heavy (non-hydrogen) atoms. The number of nitrogens with two attached hydrogens (primary N) is 1. The number of aliphatic hydroxyl groups is 1. The average Bonchev–Trinajstić information content (AvgIpc) is 2.32. The molecule has 1 rings (SSSR count). The molecule has 0 aliphatic heterocycles. The molecule has 1 aliphatic carbocycles. The zero-order valence-corrected chi connectivity index (χ0v) is 11.7. The van der Waals surface area contributed by atoms with Crippen molar-refractivity contribution in [1.29, 1.82) is 0 Å². The lowest BCUT2D eigenvalue weighted by molar-refractivity contribution is 0.112. The largest absolute Gasteiger partial charge is 0.395 e. The van der Waals surface area contributed by atoms with Gasteiger partial charge in [-0.05, 0) is 45.1 Å². The quantitative estimate of drug-likeness (QED) is 0.747. The molecule has 0 amide bonds. The van der Waals surface area contributed by atoms with Gasteiger partial charge >= 0.3 is 0 Å². The van der Waals surface area contributed by atoms with Crippen LogP contribution in [0.15, 0.2) is 0 Å². The van der Waals surface area contributed by atoms with E-state index in [1.807, 2.05) is 0 Å². The third-order valence-electron chi connectivity index (χ3n) is 4.39. The summed E-state index contributed by atoms with van der Waals surface area (Å²) in [5.41, 5.74) is 6.24. The highest BCUT2D eigenvalue weighted by molar-refractivity contribution is 4.84. The lowest BCUT2D eigenvalue weighted by Crippen LogP contribution is -2.45. The van der Waals surface area contributed by atoms with Gasteiger partial charge in [0.15, 0.2) is 0 Å². The molecule has 4 atom stereocenters.